The number of nitrogens with one attached hydrogen (secondary N) is 1. The molecule has 0 bridgehead atoms. The summed E-state index contributed by atoms with van der Waals surface area (Å²) < 4.78 is 24.8. The summed E-state index contributed by atoms with van der Waals surface area (Å²) in [6, 6.07) is 6.47. The van der Waals surface area contributed by atoms with E-state index in [-0.39, 0.29) is 17.0 Å². The number of rotatable bonds is 3. The van der Waals surface area contributed by atoms with E-state index in [1.807, 2.05) is 13.1 Å². The van der Waals surface area contributed by atoms with Gasteiger partial charge in [-0.1, -0.05) is 17.3 Å². The minimum absolute atomic E-state index is 0.0883. The van der Waals surface area contributed by atoms with E-state index in [4.69, 9.17) is 0 Å². The number of nitrogens with zero attached hydrogens (tertiary/aromatic N) is 3. The number of hydrogen-bond acceptors (Lipinski definition) is 6. The number of aryl methyl sites for hydroxylation is 1. The maximum Gasteiger partial charge on any atom is 0.175 e. The van der Waals surface area contributed by atoms with Gasteiger partial charge in [0, 0.05) is 32.0 Å². The fourth-order valence-electron chi connectivity index (χ4n) is 3.35. The first-order valence-electron chi connectivity index (χ1n) is 7.83. The number of piperidine rings is 1. The average Bonchev–Trinajstić information content (AvgIpc) is 2.92. The van der Waals surface area contributed by atoms with Crippen LogP contribution >= 0.6 is 0 Å². The molecule has 0 unspecified atom stereocenters. The second-order valence-corrected chi connectivity index (χ2v) is 8.69. The Kier molecular flexibility index (Phi) is 4.23. The van der Waals surface area contributed by atoms with Crippen LogP contribution in [0.4, 0.5) is 0 Å². The van der Waals surface area contributed by atoms with E-state index in [0.717, 1.165) is 11.3 Å². The zero-order chi connectivity index (χ0) is 17.5. The highest BCUT2D eigenvalue weighted by Gasteiger charge is 2.40. The van der Waals surface area contributed by atoms with Crippen molar-refractivity contribution in [2.75, 3.05) is 6.26 Å². The Labute approximate surface area is 141 Å². The average molecular weight is 350 g/mol. The summed E-state index contributed by atoms with van der Waals surface area (Å²) in [6.45, 7) is 2.01. The zero-order valence-corrected chi connectivity index (χ0v) is 14.8. The van der Waals surface area contributed by atoms with Gasteiger partial charge < -0.3 is 10.4 Å². The van der Waals surface area contributed by atoms with Gasteiger partial charge in [-0.15, -0.1) is 5.10 Å². The lowest BCUT2D eigenvalue weighted by molar-refractivity contribution is -0.0236. The lowest BCUT2D eigenvalue weighted by atomic mass is 9.78. The molecule has 1 aliphatic heterocycles. The van der Waals surface area contributed by atoms with Crippen LogP contribution in [0.25, 0.3) is 0 Å². The molecule has 7 nitrogen and oxygen atoms in total. The number of sulfone groups is 1. The molecule has 2 N–H and O–H groups in total. The summed E-state index contributed by atoms with van der Waals surface area (Å²) in [7, 11) is -1.44. The van der Waals surface area contributed by atoms with Gasteiger partial charge in [0.05, 0.1) is 22.2 Å². The minimum Gasteiger partial charge on any atom is -0.385 e. The highest BCUT2D eigenvalue weighted by Crippen LogP contribution is 2.39. The topological polar surface area (TPSA) is 97.1 Å². The van der Waals surface area contributed by atoms with E-state index >= 15 is 0 Å². The molecule has 0 aliphatic carbocycles. The quantitative estimate of drug-likeness (QED) is 0.854. The van der Waals surface area contributed by atoms with Gasteiger partial charge in [0.1, 0.15) is 0 Å². The highest BCUT2D eigenvalue weighted by molar-refractivity contribution is 7.90. The molecule has 0 radical (unpaired) electrons. The van der Waals surface area contributed by atoms with Crippen LogP contribution in [-0.2, 0) is 22.5 Å². The van der Waals surface area contributed by atoms with Crippen molar-refractivity contribution in [1.82, 2.24) is 20.3 Å². The first-order valence-corrected chi connectivity index (χ1v) is 9.72. The summed E-state index contributed by atoms with van der Waals surface area (Å²) in [5.74, 6) is 0. The number of benzene rings is 1. The van der Waals surface area contributed by atoms with Crippen molar-refractivity contribution < 1.29 is 13.5 Å². The monoisotopic (exact) mass is 350 g/mol. The van der Waals surface area contributed by atoms with Gasteiger partial charge in [-0.05, 0) is 31.0 Å². The molecule has 1 fully saturated rings. The molecule has 2 heterocycles. The Hall–Kier alpha value is -1.77. The normalized spacial score (nSPS) is 28.0. The van der Waals surface area contributed by atoms with Gasteiger partial charge >= 0.3 is 0 Å². The van der Waals surface area contributed by atoms with Crippen LogP contribution in [0.5, 0.6) is 0 Å². The van der Waals surface area contributed by atoms with Gasteiger partial charge in [-0.2, -0.15) is 0 Å². The van der Waals surface area contributed by atoms with Crippen molar-refractivity contribution in [1.29, 1.82) is 0 Å². The molecule has 0 spiro atoms. The van der Waals surface area contributed by atoms with Crippen LogP contribution in [0.1, 0.15) is 37.1 Å². The Morgan fingerprint density at radius 2 is 1.96 bits per heavy atom. The smallest absolute Gasteiger partial charge is 0.175 e. The van der Waals surface area contributed by atoms with Crippen molar-refractivity contribution in [3.63, 3.8) is 0 Å². The molecule has 3 atom stereocenters. The highest BCUT2D eigenvalue weighted by atomic mass is 32.2. The first kappa shape index (κ1) is 17.1. The number of aromatic nitrogens is 3. The van der Waals surface area contributed by atoms with E-state index in [1.165, 1.54) is 6.26 Å². The molecule has 1 aliphatic rings. The molecular weight excluding hydrogens is 328 g/mol. The van der Waals surface area contributed by atoms with Gasteiger partial charge in [0.2, 0.25) is 0 Å². The molecule has 0 saturated carbocycles. The van der Waals surface area contributed by atoms with Crippen molar-refractivity contribution in [3.8, 4) is 0 Å². The minimum atomic E-state index is -3.25. The van der Waals surface area contributed by atoms with Crippen LogP contribution in [0.2, 0.25) is 0 Å². The van der Waals surface area contributed by atoms with E-state index in [2.05, 4.69) is 15.6 Å². The summed E-state index contributed by atoms with van der Waals surface area (Å²) in [4.78, 5) is 0.252. The second-order valence-electron chi connectivity index (χ2n) is 6.67. The summed E-state index contributed by atoms with van der Waals surface area (Å²) in [5, 5.41) is 22.7. The Bertz CT molecular complexity index is 831. The van der Waals surface area contributed by atoms with Crippen LogP contribution in [-0.4, -0.2) is 40.8 Å². The van der Waals surface area contributed by atoms with Gasteiger partial charge in [0.25, 0.3) is 0 Å². The molecule has 1 aromatic heterocycles. The third-order valence-corrected chi connectivity index (χ3v) is 5.60. The molecule has 1 saturated heterocycles. The lowest BCUT2D eigenvalue weighted by Gasteiger charge is -2.40. The Balaban J connectivity index is 1.90. The molecule has 3 rings (SSSR count). The van der Waals surface area contributed by atoms with Crippen LogP contribution < -0.4 is 5.32 Å². The van der Waals surface area contributed by atoms with E-state index in [9.17, 15) is 13.5 Å². The zero-order valence-electron chi connectivity index (χ0n) is 14.0. The molecule has 8 heteroatoms. The molecular formula is C16H22N4O3S. The SMILES string of the molecule is C[C@H]1C[C@@](O)(c2ccc(S(C)(=O)=O)cc2)C[C@@H](c2cn(C)nn2)N1. The molecule has 0 amide bonds. The van der Waals surface area contributed by atoms with Crippen LogP contribution in [0, 0.1) is 0 Å². The van der Waals surface area contributed by atoms with Crippen molar-refractivity contribution in [2.24, 2.45) is 7.05 Å². The third-order valence-electron chi connectivity index (χ3n) is 4.47. The summed E-state index contributed by atoms with van der Waals surface area (Å²) in [5.41, 5.74) is 0.468. The molecule has 2 aromatic rings. The van der Waals surface area contributed by atoms with Crippen LogP contribution in [0.3, 0.4) is 0 Å². The predicted molar refractivity (Wildman–Crippen MR) is 89.0 cm³/mol. The first-order chi connectivity index (χ1) is 11.2. The van der Waals surface area contributed by atoms with Crippen molar-refractivity contribution in [3.05, 3.63) is 41.7 Å². The van der Waals surface area contributed by atoms with Gasteiger partial charge in [-0.25, -0.2) is 8.42 Å². The third kappa shape index (κ3) is 3.35. The standard InChI is InChI=1S/C16H22N4O3S/c1-11-8-16(21,9-14(17-11)15-10-20(2)19-18-15)12-4-6-13(7-5-12)24(3,22)23/h4-7,10-11,14,17,21H,8-9H2,1-3H3/t11-,14-,16-/m0/s1. The summed E-state index contributed by atoms with van der Waals surface area (Å²) >= 11 is 0. The largest absolute Gasteiger partial charge is 0.385 e. The lowest BCUT2D eigenvalue weighted by Crippen LogP contribution is -2.47. The van der Waals surface area contributed by atoms with Crippen LogP contribution in [0.15, 0.2) is 35.4 Å². The van der Waals surface area contributed by atoms with Crippen molar-refractivity contribution in [2.45, 2.75) is 42.3 Å². The Morgan fingerprint density at radius 3 is 2.50 bits per heavy atom. The van der Waals surface area contributed by atoms with E-state index in [1.54, 1.807) is 36.0 Å². The second kappa shape index (κ2) is 5.94. The number of aliphatic hydroxyl groups is 1. The molecule has 1 aromatic carbocycles. The van der Waals surface area contributed by atoms with Crippen molar-refractivity contribution >= 4 is 9.84 Å². The predicted octanol–water partition coefficient (Wildman–Crippen LogP) is 0.919. The fraction of sp³-hybridized carbons (Fsp3) is 0.500. The fourth-order valence-corrected chi connectivity index (χ4v) is 3.98. The molecule has 24 heavy (non-hydrogen) atoms. The van der Waals surface area contributed by atoms with E-state index < -0.39 is 15.4 Å². The molecule has 130 valence electrons. The van der Waals surface area contributed by atoms with Gasteiger partial charge in [0.15, 0.2) is 9.84 Å². The summed E-state index contributed by atoms with van der Waals surface area (Å²) in [6.07, 6.45) is 4.01. The Morgan fingerprint density at radius 1 is 1.29 bits per heavy atom. The van der Waals surface area contributed by atoms with Gasteiger partial charge in [-0.3, -0.25) is 4.68 Å². The number of hydrogen-bond donors (Lipinski definition) is 2. The maximum atomic E-state index is 11.6. The van der Waals surface area contributed by atoms with E-state index in [0.29, 0.717) is 12.8 Å². The maximum absolute atomic E-state index is 11.6.